The zero-order valence-electron chi connectivity index (χ0n) is 12.2. The molecule has 3 heteroatoms. The maximum absolute atomic E-state index is 12.1. The van der Waals surface area contributed by atoms with Crippen molar-refractivity contribution >= 4 is 16.6 Å². The Morgan fingerprint density at radius 3 is 2.85 bits per heavy atom. The molecule has 3 rings (SSSR count). The van der Waals surface area contributed by atoms with Gasteiger partial charge >= 0.3 is 0 Å². The number of hydrogen-bond donors (Lipinski definition) is 2. The third-order valence-electron chi connectivity index (χ3n) is 4.59. The smallest absolute Gasteiger partial charge is 0.257 e. The molecule has 0 spiro atoms. The fourth-order valence-corrected chi connectivity index (χ4v) is 3.24. The number of aromatic nitrogens is 1. The fraction of sp³-hybridized carbons (Fsp3) is 0.471. The number of fused-ring (bicyclic) bond motifs is 1. The second-order valence-corrected chi connectivity index (χ2v) is 6.53. The average molecular weight is 270 g/mol. The molecule has 1 atom stereocenters. The highest BCUT2D eigenvalue weighted by Crippen LogP contribution is 2.37. The molecule has 1 heterocycles. The molecule has 0 saturated heterocycles. The lowest BCUT2D eigenvalue weighted by atomic mass is 9.73. The molecule has 3 nitrogen and oxygen atoms in total. The van der Waals surface area contributed by atoms with E-state index >= 15 is 0 Å². The molecule has 20 heavy (non-hydrogen) atoms. The Bertz CT molecular complexity index is 672. The monoisotopic (exact) mass is 270 g/mol. The Balaban J connectivity index is 1.93. The molecule has 1 aromatic heterocycles. The molecule has 2 N–H and O–H groups in total. The summed E-state index contributed by atoms with van der Waals surface area (Å²) in [5, 5.41) is 5.29. The van der Waals surface area contributed by atoms with Gasteiger partial charge in [-0.1, -0.05) is 44.9 Å². The van der Waals surface area contributed by atoms with Crippen LogP contribution in [-0.4, -0.2) is 11.0 Å². The molecule has 1 aliphatic rings. The zero-order valence-corrected chi connectivity index (χ0v) is 12.2. The molecule has 2 aromatic rings. The first kappa shape index (κ1) is 13.2. The number of pyridine rings is 1. The summed E-state index contributed by atoms with van der Waals surface area (Å²) in [5.41, 5.74) is 0.264. The quantitative estimate of drug-likeness (QED) is 0.869. The third kappa shape index (κ3) is 2.45. The van der Waals surface area contributed by atoms with Gasteiger partial charge in [-0.25, -0.2) is 0 Å². The molecule has 0 radical (unpaired) electrons. The first-order chi connectivity index (χ1) is 9.56. The molecular weight excluding hydrogens is 248 g/mol. The minimum absolute atomic E-state index is 0.0146. The fourth-order valence-electron chi connectivity index (χ4n) is 3.24. The number of rotatable bonds is 2. The molecule has 1 fully saturated rings. The van der Waals surface area contributed by atoms with Crippen molar-refractivity contribution in [1.82, 2.24) is 4.98 Å². The van der Waals surface area contributed by atoms with Crippen LogP contribution in [0.15, 0.2) is 35.1 Å². The Morgan fingerprint density at radius 2 is 2.05 bits per heavy atom. The molecule has 0 aliphatic heterocycles. The Labute approximate surface area is 119 Å². The van der Waals surface area contributed by atoms with Gasteiger partial charge in [0.25, 0.3) is 5.56 Å². The SMILES string of the molecule is CC1(C)CCCCC1Nc1cc2ccccc2c(=O)[nH]1. The highest BCUT2D eigenvalue weighted by molar-refractivity contribution is 5.83. The van der Waals surface area contributed by atoms with E-state index in [1.165, 1.54) is 25.7 Å². The van der Waals surface area contributed by atoms with Crippen LogP contribution in [0.3, 0.4) is 0 Å². The van der Waals surface area contributed by atoms with Gasteiger partial charge in [0.15, 0.2) is 0 Å². The summed E-state index contributed by atoms with van der Waals surface area (Å²) >= 11 is 0. The van der Waals surface area contributed by atoms with Crippen molar-refractivity contribution in [1.29, 1.82) is 0 Å². The predicted molar refractivity (Wildman–Crippen MR) is 84.2 cm³/mol. The van der Waals surface area contributed by atoms with Gasteiger partial charge in [-0.2, -0.15) is 0 Å². The number of benzene rings is 1. The van der Waals surface area contributed by atoms with Crippen molar-refractivity contribution in [3.8, 4) is 0 Å². The van der Waals surface area contributed by atoms with Gasteiger partial charge in [0.2, 0.25) is 0 Å². The summed E-state index contributed by atoms with van der Waals surface area (Å²) in [6.45, 7) is 4.62. The maximum Gasteiger partial charge on any atom is 0.257 e. The van der Waals surface area contributed by atoms with Crippen molar-refractivity contribution in [2.45, 2.75) is 45.6 Å². The van der Waals surface area contributed by atoms with E-state index in [4.69, 9.17) is 0 Å². The largest absolute Gasteiger partial charge is 0.368 e. The van der Waals surface area contributed by atoms with Crippen LogP contribution in [0.4, 0.5) is 5.82 Å². The van der Waals surface area contributed by atoms with Crippen molar-refractivity contribution in [3.63, 3.8) is 0 Å². The van der Waals surface area contributed by atoms with E-state index in [1.807, 2.05) is 30.3 Å². The third-order valence-corrected chi connectivity index (χ3v) is 4.59. The molecule has 1 saturated carbocycles. The van der Waals surface area contributed by atoms with Crippen LogP contribution >= 0.6 is 0 Å². The van der Waals surface area contributed by atoms with Crippen LogP contribution < -0.4 is 10.9 Å². The van der Waals surface area contributed by atoms with Crippen LogP contribution in [0, 0.1) is 5.41 Å². The minimum Gasteiger partial charge on any atom is -0.368 e. The van der Waals surface area contributed by atoms with Crippen LogP contribution in [-0.2, 0) is 0 Å². The standard InChI is InChI=1S/C17H22N2O/c1-17(2)10-6-5-9-14(17)18-15-11-12-7-3-4-8-13(12)16(20)19-15/h3-4,7-8,11,14H,5-6,9-10H2,1-2H3,(H2,18,19,20). The molecular formula is C17H22N2O. The second-order valence-electron chi connectivity index (χ2n) is 6.53. The van der Waals surface area contributed by atoms with E-state index < -0.39 is 0 Å². The van der Waals surface area contributed by atoms with E-state index in [9.17, 15) is 4.79 Å². The van der Waals surface area contributed by atoms with Crippen LogP contribution in [0.5, 0.6) is 0 Å². The lowest BCUT2D eigenvalue weighted by Gasteiger charge is -2.39. The normalized spacial score (nSPS) is 21.8. The number of anilines is 1. The van der Waals surface area contributed by atoms with Gasteiger partial charge < -0.3 is 10.3 Å². The van der Waals surface area contributed by atoms with Gasteiger partial charge in [-0.3, -0.25) is 4.79 Å². The van der Waals surface area contributed by atoms with Crippen molar-refractivity contribution < 1.29 is 0 Å². The van der Waals surface area contributed by atoms with Gasteiger partial charge in [0.05, 0.1) is 0 Å². The number of nitrogens with one attached hydrogen (secondary N) is 2. The minimum atomic E-state index is -0.0146. The number of hydrogen-bond acceptors (Lipinski definition) is 2. The zero-order chi connectivity index (χ0) is 14.2. The molecule has 0 amide bonds. The predicted octanol–water partition coefficient (Wildman–Crippen LogP) is 3.91. The van der Waals surface area contributed by atoms with Gasteiger partial charge in [-0.15, -0.1) is 0 Å². The van der Waals surface area contributed by atoms with E-state index in [1.54, 1.807) is 0 Å². The summed E-state index contributed by atoms with van der Waals surface area (Å²) in [5.74, 6) is 0.841. The lowest BCUT2D eigenvalue weighted by Crippen LogP contribution is -2.39. The summed E-state index contributed by atoms with van der Waals surface area (Å²) in [7, 11) is 0. The maximum atomic E-state index is 12.1. The molecule has 1 unspecified atom stereocenters. The van der Waals surface area contributed by atoms with E-state index in [0.29, 0.717) is 6.04 Å². The van der Waals surface area contributed by atoms with Gasteiger partial charge in [0.1, 0.15) is 5.82 Å². The topological polar surface area (TPSA) is 44.9 Å². The highest BCUT2D eigenvalue weighted by atomic mass is 16.1. The van der Waals surface area contributed by atoms with Crippen LogP contribution in [0.1, 0.15) is 39.5 Å². The van der Waals surface area contributed by atoms with E-state index in [2.05, 4.69) is 24.1 Å². The Morgan fingerprint density at radius 1 is 1.25 bits per heavy atom. The summed E-state index contributed by atoms with van der Waals surface area (Å²) in [6, 6.07) is 10.2. The molecule has 106 valence electrons. The first-order valence-corrected chi connectivity index (χ1v) is 7.45. The summed E-state index contributed by atoms with van der Waals surface area (Å²) < 4.78 is 0. The average Bonchev–Trinajstić information content (AvgIpc) is 2.41. The van der Waals surface area contributed by atoms with Crippen LogP contribution in [0.25, 0.3) is 10.8 Å². The van der Waals surface area contributed by atoms with Crippen LogP contribution in [0.2, 0.25) is 0 Å². The summed E-state index contributed by atoms with van der Waals surface area (Å²) in [4.78, 5) is 15.1. The van der Waals surface area contributed by atoms with Gasteiger partial charge in [0, 0.05) is 11.4 Å². The van der Waals surface area contributed by atoms with Crippen molar-refractivity contribution in [3.05, 3.63) is 40.7 Å². The molecule has 1 aliphatic carbocycles. The number of H-pyrrole nitrogens is 1. The Kier molecular flexibility index (Phi) is 3.28. The second kappa shape index (κ2) is 4.97. The lowest BCUT2D eigenvalue weighted by molar-refractivity contribution is 0.216. The first-order valence-electron chi connectivity index (χ1n) is 7.45. The highest BCUT2D eigenvalue weighted by Gasteiger charge is 2.32. The molecule has 0 bridgehead atoms. The van der Waals surface area contributed by atoms with E-state index in [0.717, 1.165) is 16.6 Å². The van der Waals surface area contributed by atoms with Crippen molar-refractivity contribution in [2.75, 3.05) is 5.32 Å². The Hall–Kier alpha value is -1.77. The summed E-state index contributed by atoms with van der Waals surface area (Å²) in [6.07, 6.45) is 4.97. The molecule has 1 aromatic carbocycles. The van der Waals surface area contributed by atoms with Crippen molar-refractivity contribution in [2.24, 2.45) is 5.41 Å². The number of aromatic amines is 1. The van der Waals surface area contributed by atoms with Gasteiger partial charge in [-0.05, 0) is 35.8 Å². The van der Waals surface area contributed by atoms with E-state index in [-0.39, 0.29) is 11.0 Å².